The van der Waals surface area contributed by atoms with E-state index >= 15 is 0 Å². The van der Waals surface area contributed by atoms with Crippen LogP contribution in [0.5, 0.6) is 0 Å². The van der Waals surface area contributed by atoms with E-state index in [1.54, 1.807) is 0 Å². The van der Waals surface area contributed by atoms with Crippen molar-refractivity contribution in [2.24, 2.45) is 0 Å². The summed E-state index contributed by atoms with van der Waals surface area (Å²) in [5.74, 6) is -0.200. The Morgan fingerprint density at radius 1 is 1.33 bits per heavy atom. The van der Waals surface area contributed by atoms with E-state index in [1.807, 2.05) is 12.1 Å². The molecule has 0 bridgehead atoms. The minimum absolute atomic E-state index is 0.114. The minimum Gasteiger partial charge on any atom is -0.462 e. The number of esters is 1. The standard InChI is InChI=1S/C16H20N2O3/c19-16-14-2-1-12(7-11(14)3-6-20-16)15-9-18-5-4-17-8-13(18)10-21-15/h1-2,7,13,15,17H,3-6,8-10H2/t13-,15-/m0/s1. The molecule has 2 atom stereocenters. The molecule has 1 aromatic rings. The number of benzene rings is 1. The summed E-state index contributed by atoms with van der Waals surface area (Å²) >= 11 is 0. The molecule has 0 spiro atoms. The molecule has 0 saturated carbocycles. The van der Waals surface area contributed by atoms with Crippen molar-refractivity contribution in [1.82, 2.24) is 10.2 Å². The Labute approximate surface area is 124 Å². The van der Waals surface area contributed by atoms with Crippen molar-refractivity contribution in [3.05, 3.63) is 34.9 Å². The van der Waals surface area contributed by atoms with Crippen LogP contribution in [-0.2, 0) is 15.9 Å². The lowest BCUT2D eigenvalue weighted by Crippen LogP contribution is -2.57. The second-order valence-electron chi connectivity index (χ2n) is 5.98. The van der Waals surface area contributed by atoms with Gasteiger partial charge < -0.3 is 14.8 Å². The fourth-order valence-electron chi connectivity index (χ4n) is 3.45. The summed E-state index contributed by atoms with van der Waals surface area (Å²) in [5, 5.41) is 3.41. The second-order valence-corrected chi connectivity index (χ2v) is 5.98. The van der Waals surface area contributed by atoms with Gasteiger partial charge in [0.2, 0.25) is 0 Å². The summed E-state index contributed by atoms with van der Waals surface area (Å²) in [5.41, 5.74) is 2.98. The van der Waals surface area contributed by atoms with Crippen LogP contribution in [0.15, 0.2) is 18.2 Å². The average Bonchev–Trinajstić information content (AvgIpc) is 2.54. The van der Waals surface area contributed by atoms with Gasteiger partial charge in [0.1, 0.15) is 0 Å². The van der Waals surface area contributed by atoms with Gasteiger partial charge in [0, 0.05) is 38.6 Å². The number of morpholine rings is 1. The Kier molecular flexibility index (Phi) is 3.41. The molecular weight excluding hydrogens is 268 g/mol. The van der Waals surface area contributed by atoms with Gasteiger partial charge >= 0.3 is 5.97 Å². The van der Waals surface area contributed by atoms with E-state index in [9.17, 15) is 4.79 Å². The third-order valence-corrected chi connectivity index (χ3v) is 4.69. The van der Waals surface area contributed by atoms with Gasteiger partial charge in [-0.25, -0.2) is 4.79 Å². The van der Waals surface area contributed by atoms with Crippen molar-refractivity contribution in [3.63, 3.8) is 0 Å². The lowest BCUT2D eigenvalue weighted by atomic mass is 9.96. The maximum atomic E-state index is 11.7. The number of piperazine rings is 1. The first-order chi connectivity index (χ1) is 10.3. The summed E-state index contributed by atoms with van der Waals surface area (Å²) in [6, 6.07) is 6.53. The number of rotatable bonds is 1. The highest BCUT2D eigenvalue weighted by Gasteiger charge is 2.32. The molecule has 3 aliphatic rings. The topological polar surface area (TPSA) is 50.8 Å². The van der Waals surface area contributed by atoms with Crippen LogP contribution in [0.25, 0.3) is 0 Å². The molecule has 2 saturated heterocycles. The quantitative estimate of drug-likeness (QED) is 0.773. The normalized spacial score (nSPS) is 29.4. The lowest BCUT2D eigenvalue weighted by Gasteiger charge is -2.42. The number of nitrogens with one attached hydrogen (secondary N) is 1. The Morgan fingerprint density at radius 3 is 3.24 bits per heavy atom. The predicted octanol–water partition coefficient (Wildman–Crippen LogP) is 0.745. The largest absolute Gasteiger partial charge is 0.462 e. The Morgan fingerprint density at radius 2 is 2.29 bits per heavy atom. The molecule has 3 aliphatic heterocycles. The van der Waals surface area contributed by atoms with E-state index in [0.29, 0.717) is 18.2 Å². The average molecular weight is 288 g/mol. The van der Waals surface area contributed by atoms with Crippen LogP contribution < -0.4 is 5.32 Å². The number of nitrogens with zero attached hydrogens (tertiary/aromatic N) is 1. The molecule has 1 aromatic carbocycles. The molecule has 0 radical (unpaired) electrons. The molecule has 0 unspecified atom stereocenters. The van der Waals surface area contributed by atoms with Gasteiger partial charge in [-0.15, -0.1) is 0 Å². The summed E-state index contributed by atoms with van der Waals surface area (Å²) in [6.45, 7) is 5.36. The zero-order chi connectivity index (χ0) is 14.2. The van der Waals surface area contributed by atoms with Crippen LogP contribution in [0.3, 0.4) is 0 Å². The number of cyclic esters (lactones) is 1. The SMILES string of the molecule is O=C1OCCc2cc([C@@H]3CN4CCNC[C@H]4CO3)ccc21. The van der Waals surface area contributed by atoms with E-state index in [4.69, 9.17) is 9.47 Å². The molecule has 21 heavy (non-hydrogen) atoms. The summed E-state index contributed by atoms with van der Waals surface area (Å²) in [4.78, 5) is 14.2. The Bertz CT molecular complexity index is 560. The van der Waals surface area contributed by atoms with Gasteiger partial charge in [0.25, 0.3) is 0 Å². The van der Waals surface area contributed by atoms with Crippen LogP contribution in [-0.4, -0.2) is 56.3 Å². The van der Waals surface area contributed by atoms with Crippen molar-refractivity contribution in [2.75, 3.05) is 39.4 Å². The number of carbonyl (C=O) groups excluding carboxylic acids is 1. The summed E-state index contributed by atoms with van der Waals surface area (Å²) in [6.07, 6.45) is 0.917. The zero-order valence-electron chi connectivity index (χ0n) is 12.0. The van der Waals surface area contributed by atoms with Crippen LogP contribution in [0, 0.1) is 0 Å². The first kappa shape index (κ1) is 13.2. The van der Waals surface area contributed by atoms with Gasteiger partial charge in [-0.3, -0.25) is 4.90 Å². The van der Waals surface area contributed by atoms with Gasteiger partial charge in [0.15, 0.2) is 0 Å². The third kappa shape index (κ3) is 2.46. The molecule has 112 valence electrons. The van der Waals surface area contributed by atoms with Gasteiger partial charge in [0.05, 0.1) is 24.9 Å². The first-order valence-electron chi connectivity index (χ1n) is 7.67. The van der Waals surface area contributed by atoms with Crippen molar-refractivity contribution >= 4 is 5.97 Å². The maximum Gasteiger partial charge on any atom is 0.338 e. The number of hydrogen-bond acceptors (Lipinski definition) is 5. The lowest BCUT2D eigenvalue weighted by molar-refractivity contribution is -0.0718. The van der Waals surface area contributed by atoms with Crippen molar-refractivity contribution < 1.29 is 14.3 Å². The number of carbonyl (C=O) groups is 1. The molecule has 4 rings (SSSR count). The van der Waals surface area contributed by atoms with Crippen LogP contribution in [0.4, 0.5) is 0 Å². The van der Waals surface area contributed by atoms with Crippen LogP contribution in [0.1, 0.15) is 27.6 Å². The van der Waals surface area contributed by atoms with E-state index < -0.39 is 0 Å². The van der Waals surface area contributed by atoms with E-state index in [1.165, 1.54) is 5.56 Å². The maximum absolute atomic E-state index is 11.7. The molecule has 2 fully saturated rings. The van der Waals surface area contributed by atoms with E-state index in [0.717, 1.165) is 44.8 Å². The first-order valence-corrected chi connectivity index (χ1v) is 7.67. The second kappa shape index (κ2) is 5.40. The minimum atomic E-state index is -0.200. The zero-order valence-corrected chi connectivity index (χ0v) is 12.0. The number of ether oxygens (including phenoxy) is 2. The highest BCUT2D eigenvalue weighted by Crippen LogP contribution is 2.28. The third-order valence-electron chi connectivity index (χ3n) is 4.69. The van der Waals surface area contributed by atoms with Gasteiger partial charge in [-0.1, -0.05) is 12.1 Å². The number of fused-ring (bicyclic) bond motifs is 2. The van der Waals surface area contributed by atoms with Crippen LogP contribution >= 0.6 is 0 Å². The molecule has 0 amide bonds. The van der Waals surface area contributed by atoms with Gasteiger partial charge in [-0.2, -0.15) is 0 Å². The molecule has 1 N–H and O–H groups in total. The highest BCUT2D eigenvalue weighted by molar-refractivity contribution is 5.92. The monoisotopic (exact) mass is 288 g/mol. The predicted molar refractivity (Wildman–Crippen MR) is 77.4 cm³/mol. The Balaban J connectivity index is 1.55. The van der Waals surface area contributed by atoms with Crippen molar-refractivity contribution in [1.29, 1.82) is 0 Å². The molecular formula is C16H20N2O3. The smallest absolute Gasteiger partial charge is 0.338 e. The fourth-order valence-corrected chi connectivity index (χ4v) is 3.45. The molecule has 0 aliphatic carbocycles. The van der Waals surface area contributed by atoms with E-state index in [2.05, 4.69) is 16.3 Å². The molecule has 0 aromatic heterocycles. The molecule has 5 heteroatoms. The highest BCUT2D eigenvalue weighted by atomic mass is 16.5. The van der Waals surface area contributed by atoms with Crippen molar-refractivity contribution in [2.45, 2.75) is 18.6 Å². The molecule has 5 nitrogen and oxygen atoms in total. The summed E-state index contributed by atoms with van der Waals surface area (Å²) < 4.78 is 11.1. The van der Waals surface area contributed by atoms with E-state index in [-0.39, 0.29) is 12.1 Å². The summed E-state index contributed by atoms with van der Waals surface area (Å²) in [7, 11) is 0. The van der Waals surface area contributed by atoms with Crippen LogP contribution in [0.2, 0.25) is 0 Å². The number of hydrogen-bond donors (Lipinski definition) is 1. The Hall–Kier alpha value is -1.43. The van der Waals surface area contributed by atoms with Gasteiger partial charge in [-0.05, 0) is 17.2 Å². The fraction of sp³-hybridized carbons (Fsp3) is 0.562. The molecule has 3 heterocycles. The van der Waals surface area contributed by atoms with Crippen molar-refractivity contribution in [3.8, 4) is 0 Å².